The van der Waals surface area contributed by atoms with E-state index < -0.39 is 0 Å². The summed E-state index contributed by atoms with van der Waals surface area (Å²) in [5, 5.41) is 12.3. The van der Waals surface area contributed by atoms with E-state index in [2.05, 4.69) is 25.2 Å². The molecule has 0 unspecified atom stereocenters. The molecule has 0 aliphatic rings. The molecule has 5 heteroatoms. The maximum absolute atomic E-state index is 12.5. The Kier molecular flexibility index (Phi) is 7.13. The first-order valence-electron chi connectivity index (χ1n) is 9.19. The average Bonchev–Trinajstić information content (AvgIpc) is 2.68. The van der Waals surface area contributed by atoms with Crippen molar-refractivity contribution in [2.75, 3.05) is 16.8 Å². The summed E-state index contributed by atoms with van der Waals surface area (Å²) < 4.78 is 0. The lowest BCUT2D eigenvalue weighted by molar-refractivity contribution is -0.117. The zero-order valence-corrected chi connectivity index (χ0v) is 16.1. The van der Waals surface area contributed by atoms with Gasteiger partial charge in [-0.1, -0.05) is 44.2 Å². The van der Waals surface area contributed by atoms with Crippen LogP contribution in [0.2, 0.25) is 0 Å². The molecule has 0 atom stereocenters. The third-order valence-corrected chi connectivity index (χ3v) is 4.52. The predicted octanol–water partition coefficient (Wildman–Crippen LogP) is 4.06. The number of hydrogen-bond donors (Lipinski definition) is 1. The molecule has 0 spiro atoms. The quantitative estimate of drug-likeness (QED) is 0.806. The summed E-state index contributed by atoms with van der Waals surface area (Å²) in [6, 6.07) is 15.0. The molecule has 27 heavy (non-hydrogen) atoms. The van der Waals surface area contributed by atoms with Crippen molar-refractivity contribution in [2.45, 2.75) is 40.0 Å². The lowest BCUT2D eigenvalue weighted by Gasteiger charge is -2.22. The van der Waals surface area contributed by atoms with Gasteiger partial charge in [0.15, 0.2) is 0 Å². The molecule has 0 aromatic heterocycles. The van der Waals surface area contributed by atoms with Crippen LogP contribution in [0.15, 0.2) is 42.5 Å². The standard InChI is InChI=1S/C22H25N3O2/c1-4-17-10-8-11-18(5-2)22(17)24-21(27)13-14-25(16(3)26)20-12-7-6-9-19(20)15-23/h6-12H,4-5,13-14H2,1-3H3,(H,24,27). The van der Waals surface area contributed by atoms with E-state index in [0.29, 0.717) is 11.3 Å². The molecule has 0 bridgehead atoms. The number of hydrogen-bond acceptors (Lipinski definition) is 3. The molecule has 2 rings (SSSR count). The molecular weight excluding hydrogens is 338 g/mol. The fourth-order valence-corrected chi connectivity index (χ4v) is 3.07. The molecule has 0 radical (unpaired) electrons. The van der Waals surface area contributed by atoms with Gasteiger partial charge in [0, 0.05) is 25.6 Å². The van der Waals surface area contributed by atoms with Crippen LogP contribution in [-0.4, -0.2) is 18.4 Å². The highest BCUT2D eigenvalue weighted by molar-refractivity contribution is 5.96. The molecule has 2 aromatic rings. The van der Waals surface area contributed by atoms with Crippen molar-refractivity contribution in [3.63, 3.8) is 0 Å². The molecule has 0 saturated carbocycles. The van der Waals surface area contributed by atoms with E-state index in [1.165, 1.54) is 11.8 Å². The first kappa shape index (κ1) is 20.2. The number of aryl methyl sites for hydroxylation is 2. The smallest absolute Gasteiger partial charge is 0.226 e. The Labute approximate surface area is 160 Å². The number of carbonyl (C=O) groups is 2. The number of amides is 2. The van der Waals surface area contributed by atoms with Crippen LogP contribution in [0.25, 0.3) is 0 Å². The van der Waals surface area contributed by atoms with E-state index in [0.717, 1.165) is 29.7 Å². The Bertz CT molecular complexity index is 846. The summed E-state index contributed by atoms with van der Waals surface area (Å²) in [5.41, 5.74) is 4.02. The van der Waals surface area contributed by atoms with Crippen LogP contribution in [0.5, 0.6) is 0 Å². The minimum absolute atomic E-state index is 0.147. The van der Waals surface area contributed by atoms with Gasteiger partial charge in [-0.3, -0.25) is 9.59 Å². The first-order chi connectivity index (χ1) is 13.0. The summed E-state index contributed by atoms with van der Waals surface area (Å²) in [4.78, 5) is 26.1. The summed E-state index contributed by atoms with van der Waals surface area (Å²) in [5.74, 6) is -0.347. The van der Waals surface area contributed by atoms with Crippen molar-refractivity contribution in [1.29, 1.82) is 5.26 Å². The van der Waals surface area contributed by atoms with Gasteiger partial charge in [0.2, 0.25) is 11.8 Å². The SMILES string of the molecule is CCc1cccc(CC)c1NC(=O)CCN(C(C)=O)c1ccccc1C#N. The average molecular weight is 363 g/mol. The van der Waals surface area contributed by atoms with Crippen molar-refractivity contribution in [3.8, 4) is 6.07 Å². The first-order valence-corrected chi connectivity index (χ1v) is 9.19. The van der Waals surface area contributed by atoms with E-state index in [4.69, 9.17) is 0 Å². The van der Waals surface area contributed by atoms with Crippen molar-refractivity contribution < 1.29 is 9.59 Å². The molecule has 0 aliphatic carbocycles. The van der Waals surface area contributed by atoms with Crippen molar-refractivity contribution in [3.05, 3.63) is 59.2 Å². The fraction of sp³-hybridized carbons (Fsp3) is 0.318. The Balaban J connectivity index is 2.14. The zero-order valence-electron chi connectivity index (χ0n) is 16.1. The van der Waals surface area contributed by atoms with Crippen LogP contribution in [0.1, 0.15) is 43.9 Å². The van der Waals surface area contributed by atoms with Crippen LogP contribution in [-0.2, 0) is 22.4 Å². The summed E-state index contributed by atoms with van der Waals surface area (Å²) in [6.07, 6.45) is 1.82. The number of nitrogens with zero attached hydrogens (tertiary/aromatic N) is 2. The van der Waals surface area contributed by atoms with Crippen LogP contribution in [0, 0.1) is 11.3 Å². The predicted molar refractivity (Wildman–Crippen MR) is 108 cm³/mol. The van der Waals surface area contributed by atoms with Crippen LogP contribution in [0.3, 0.4) is 0 Å². The van der Waals surface area contributed by atoms with Gasteiger partial charge in [-0.25, -0.2) is 0 Å². The van der Waals surface area contributed by atoms with Crippen LogP contribution < -0.4 is 10.2 Å². The fourth-order valence-electron chi connectivity index (χ4n) is 3.07. The van der Waals surface area contributed by atoms with Crippen molar-refractivity contribution in [2.24, 2.45) is 0 Å². The number of rotatable bonds is 7. The number of nitriles is 1. The zero-order chi connectivity index (χ0) is 19.8. The normalized spacial score (nSPS) is 10.1. The second-order valence-electron chi connectivity index (χ2n) is 6.26. The Morgan fingerprint density at radius 1 is 1.04 bits per heavy atom. The van der Waals surface area contributed by atoms with Gasteiger partial charge < -0.3 is 10.2 Å². The minimum Gasteiger partial charge on any atom is -0.326 e. The van der Waals surface area contributed by atoms with Gasteiger partial charge >= 0.3 is 0 Å². The largest absolute Gasteiger partial charge is 0.326 e. The molecule has 140 valence electrons. The highest BCUT2D eigenvalue weighted by Gasteiger charge is 2.17. The molecular formula is C22H25N3O2. The topological polar surface area (TPSA) is 73.2 Å². The number of nitrogens with one attached hydrogen (secondary N) is 1. The minimum atomic E-state index is -0.200. The molecule has 0 heterocycles. The van der Waals surface area contributed by atoms with Gasteiger partial charge in [0.1, 0.15) is 6.07 Å². The maximum atomic E-state index is 12.5. The number of anilines is 2. The molecule has 0 fully saturated rings. The lowest BCUT2D eigenvalue weighted by atomic mass is 10.0. The van der Waals surface area contributed by atoms with Gasteiger partial charge in [-0.05, 0) is 36.1 Å². The van der Waals surface area contributed by atoms with E-state index in [1.807, 2.05) is 18.2 Å². The monoisotopic (exact) mass is 363 g/mol. The van der Waals surface area contributed by atoms with Gasteiger partial charge in [0.05, 0.1) is 11.3 Å². The molecule has 1 N–H and O–H groups in total. The summed E-state index contributed by atoms with van der Waals surface area (Å²) >= 11 is 0. The molecule has 0 saturated heterocycles. The van der Waals surface area contributed by atoms with Crippen molar-refractivity contribution >= 4 is 23.2 Å². The molecule has 2 aromatic carbocycles. The summed E-state index contributed by atoms with van der Waals surface area (Å²) in [6.45, 7) is 5.77. The second-order valence-corrected chi connectivity index (χ2v) is 6.26. The van der Waals surface area contributed by atoms with E-state index in [-0.39, 0.29) is 24.8 Å². The summed E-state index contributed by atoms with van der Waals surface area (Å²) in [7, 11) is 0. The number of benzene rings is 2. The molecule has 2 amide bonds. The van der Waals surface area contributed by atoms with Gasteiger partial charge in [-0.15, -0.1) is 0 Å². The highest BCUT2D eigenvalue weighted by Crippen LogP contribution is 2.23. The third-order valence-electron chi connectivity index (χ3n) is 4.52. The van der Waals surface area contributed by atoms with Gasteiger partial charge in [0.25, 0.3) is 0 Å². The molecule has 5 nitrogen and oxygen atoms in total. The van der Waals surface area contributed by atoms with Crippen molar-refractivity contribution in [1.82, 2.24) is 0 Å². The number of carbonyl (C=O) groups excluding carboxylic acids is 2. The lowest BCUT2D eigenvalue weighted by Crippen LogP contribution is -2.32. The van der Waals surface area contributed by atoms with Crippen LogP contribution >= 0.6 is 0 Å². The van der Waals surface area contributed by atoms with E-state index >= 15 is 0 Å². The Morgan fingerprint density at radius 3 is 2.22 bits per heavy atom. The van der Waals surface area contributed by atoms with Crippen LogP contribution in [0.4, 0.5) is 11.4 Å². The molecule has 0 aliphatic heterocycles. The number of para-hydroxylation sites is 2. The third kappa shape index (κ3) is 4.95. The maximum Gasteiger partial charge on any atom is 0.226 e. The Morgan fingerprint density at radius 2 is 1.67 bits per heavy atom. The van der Waals surface area contributed by atoms with E-state index in [9.17, 15) is 14.9 Å². The van der Waals surface area contributed by atoms with E-state index in [1.54, 1.807) is 24.3 Å². The Hall–Kier alpha value is -3.13. The highest BCUT2D eigenvalue weighted by atomic mass is 16.2. The second kappa shape index (κ2) is 9.54. The van der Waals surface area contributed by atoms with Gasteiger partial charge in [-0.2, -0.15) is 5.26 Å².